The minimum atomic E-state index is -1.14. The molecule has 0 unspecified atom stereocenters. The van der Waals surface area contributed by atoms with Crippen molar-refractivity contribution in [3.63, 3.8) is 0 Å². The first-order valence-corrected chi connectivity index (χ1v) is 8.19. The highest BCUT2D eigenvalue weighted by atomic mass is 16.4. The Morgan fingerprint density at radius 3 is 2.63 bits per heavy atom. The molecule has 136 valence electrons. The van der Waals surface area contributed by atoms with Gasteiger partial charge >= 0.3 is 5.97 Å². The predicted molar refractivity (Wildman–Crippen MR) is 101 cm³/mol. The van der Waals surface area contributed by atoms with E-state index in [-0.39, 0.29) is 5.91 Å². The van der Waals surface area contributed by atoms with Crippen LogP contribution >= 0.6 is 0 Å². The number of nitrogens with zero attached hydrogens (tertiary/aromatic N) is 2. The van der Waals surface area contributed by atoms with E-state index in [1.54, 1.807) is 37.5 Å². The second-order valence-electron chi connectivity index (χ2n) is 6.01. The minimum Gasteiger partial charge on any atom is -0.480 e. The summed E-state index contributed by atoms with van der Waals surface area (Å²) in [4.78, 5) is 39.5. The van der Waals surface area contributed by atoms with Crippen molar-refractivity contribution in [2.45, 2.75) is 13.5 Å². The molecule has 0 fully saturated rings. The maximum Gasteiger partial charge on any atom is 0.323 e. The van der Waals surface area contributed by atoms with Crippen LogP contribution in [-0.2, 0) is 11.3 Å². The lowest BCUT2D eigenvalue weighted by Gasteiger charge is -2.12. The molecular weight excluding hydrogens is 346 g/mol. The zero-order valence-corrected chi connectivity index (χ0v) is 14.5. The molecule has 2 heterocycles. The molecule has 27 heavy (non-hydrogen) atoms. The van der Waals surface area contributed by atoms with Crippen molar-refractivity contribution in [1.82, 2.24) is 9.55 Å². The smallest absolute Gasteiger partial charge is 0.323 e. The minimum absolute atomic E-state index is 0.357. The number of aromatic nitrogens is 2. The van der Waals surface area contributed by atoms with Gasteiger partial charge in [0.25, 0.3) is 11.5 Å². The number of anilines is 1. The number of nitrogens with one attached hydrogen (secondary N) is 1. The second-order valence-corrected chi connectivity index (χ2v) is 6.01. The Bertz CT molecular complexity index is 1060. The highest BCUT2D eigenvalue weighted by molar-refractivity contribution is 6.05. The SMILES string of the molecule is Cc1cc(=O)n(CC(=O)O)cc1NC(=O)c1cccc(-c2cccnc2)c1. The molecule has 3 rings (SSSR count). The second kappa shape index (κ2) is 7.65. The molecule has 0 spiro atoms. The summed E-state index contributed by atoms with van der Waals surface area (Å²) in [5, 5.41) is 11.6. The third kappa shape index (κ3) is 4.27. The summed E-state index contributed by atoms with van der Waals surface area (Å²) in [5.74, 6) is -1.49. The van der Waals surface area contributed by atoms with Crippen LogP contribution in [-0.4, -0.2) is 26.5 Å². The zero-order valence-electron chi connectivity index (χ0n) is 14.5. The van der Waals surface area contributed by atoms with Crippen LogP contribution in [0.5, 0.6) is 0 Å². The Morgan fingerprint density at radius 2 is 1.93 bits per heavy atom. The van der Waals surface area contributed by atoms with E-state index in [2.05, 4.69) is 10.3 Å². The van der Waals surface area contributed by atoms with Crippen molar-refractivity contribution in [2.75, 3.05) is 5.32 Å². The molecule has 0 saturated heterocycles. The monoisotopic (exact) mass is 363 g/mol. The number of carboxylic acid groups (broad SMARTS) is 1. The number of carbonyl (C=O) groups is 2. The third-order valence-electron chi connectivity index (χ3n) is 4.01. The summed E-state index contributed by atoms with van der Waals surface area (Å²) < 4.78 is 1.04. The normalized spacial score (nSPS) is 10.4. The molecule has 0 aliphatic rings. The summed E-state index contributed by atoms with van der Waals surface area (Å²) in [6, 6.07) is 12.1. The first-order chi connectivity index (χ1) is 12.9. The van der Waals surface area contributed by atoms with Crippen LogP contribution in [0.25, 0.3) is 11.1 Å². The molecule has 0 bridgehead atoms. The van der Waals surface area contributed by atoms with Gasteiger partial charge in [0.05, 0.1) is 5.69 Å². The van der Waals surface area contributed by atoms with Crippen molar-refractivity contribution in [3.05, 3.63) is 82.5 Å². The number of aryl methyl sites for hydroxylation is 1. The summed E-state index contributed by atoms with van der Waals surface area (Å²) in [5.41, 5.74) is 2.67. The molecule has 3 aromatic rings. The Balaban J connectivity index is 1.88. The molecule has 7 heteroatoms. The molecule has 0 radical (unpaired) electrons. The van der Waals surface area contributed by atoms with Crippen molar-refractivity contribution in [2.24, 2.45) is 0 Å². The number of hydrogen-bond acceptors (Lipinski definition) is 4. The van der Waals surface area contributed by atoms with E-state index in [9.17, 15) is 14.4 Å². The molecular formula is C20H17N3O4. The fraction of sp³-hybridized carbons (Fsp3) is 0.100. The molecule has 0 aliphatic carbocycles. The topological polar surface area (TPSA) is 101 Å². The van der Waals surface area contributed by atoms with E-state index in [0.717, 1.165) is 15.7 Å². The van der Waals surface area contributed by atoms with Crippen molar-refractivity contribution >= 4 is 17.6 Å². The van der Waals surface area contributed by atoms with Gasteiger partial charge in [-0.25, -0.2) is 0 Å². The fourth-order valence-corrected chi connectivity index (χ4v) is 2.64. The van der Waals surface area contributed by atoms with Gasteiger partial charge < -0.3 is 15.0 Å². The number of rotatable bonds is 5. The van der Waals surface area contributed by atoms with Gasteiger partial charge in [0.2, 0.25) is 0 Å². The number of carbonyl (C=O) groups excluding carboxylic acids is 1. The standard InChI is InChI=1S/C20H17N3O4/c1-13-8-18(24)23(12-19(25)26)11-17(13)22-20(27)15-5-2-4-14(9-15)16-6-3-7-21-10-16/h2-11H,12H2,1H3,(H,22,27)(H,25,26). The molecule has 2 N–H and O–H groups in total. The van der Waals surface area contributed by atoms with E-state index in [1.165, 1.54) is 12.3 Å². The van der Waals surface area contributed by atoms with Crippen molar-refractivity contribution in [1.29, 1.82) is 0 Å². The Labute approximate surface area is 154 Å². The van der Waals surface area contributed by atoms with Gasteiger partial charge in [-0.15, -0.1) is 0 Å². The number of amides is 1. The highest BCUT2D eigenvalue weighted by Crippen LogP contribution is 2.20. The van der Waals surface area contributed by atoms with Crippen LogP contribution in [0.1, 0.15) is 15.9 Å². The highest BCUT2D eigenvalue weighted by Gasteiger charge is 2.12. The number of benzene rings is 1. The van der Waals surface area contributed by atoms with Crippen LogP contribution < -0.4 is 10.9 Å². The molecule has 0 atom stereocenters. The van der Waals surface area contributed by atoms with Crippen LogP contribution in [0.3, 0.4) is 0 Å². The van der Waals surface area contributed by atoms with Crippen LogP contribution in [0.2, 0.25) is 0 Å². The van der Waals surface area contributed by atoms with E-state index in [1.807, 2.05) is 18.2 Å². The van der Waals surface area contributed by atoms with Gasteiger partial charge in [-0.3, -0.25) is 19.4 Å². The third-order valence-corrected chi connectivity index (χ3v) is 4.01. The predicted octanol–water partition coefficient (Wildman–Crippen LogP) is 2.56. The van der Waals surface area contributed by atoms with E-state index < -0.39 is 18.1 Å². The fourth-order valence-electron chi connectivity index (χ4n) is 2.64. The summed E-state index contributed by atoms with van der Waals surface area (Å²) in [6.07, 6.45) is 4.73. The van der Waals surface area contributed by atoms with E-state index >= 15 is 0 Å². The van der Waals surface area contributed by atoms with Gasteiger partial charge in [0.15, 0.2) is 0 Å². The van der Waals surface area contributed by atoms with E-state index in [4.69, 9.17) is 5.11 Å². The van der Waals surface area contributed by atoms with Gasteiger partial charge in [0, 0.05) is 35.8 Å². The maximum atomic E-state index is 12.6. The average molecular weight is 363 g/mol. The lowest BCUT2D eigenvalue weighted by Crippen LogP contribution is -2.25. The summed E-state index contributed by atoms with van der Waals surface area (Å²) in [7, 11) is 0. The quantitative estimate of drug-likeness (QED) is 0.725. The van der Waals surface area contributed by atoms with Crippen molar-refractivity contribution in [3.8, 4) is 11.1 Å². The Kier molecular flexibility index (Phi) is 5.12. The molecule has 0 aliphatic heterocycles. The molecule has 2 aromatic heterocycles. The maximum absolute atomic E-state index is 12.6. The number of aliphatic carboxylic acids is 1. The van der Waals surface area contributed by atoms with Crippen LogP contribution in [0, 0.1) is 6.92 Å². The number of pyridine rings is 2. The van der Waals surface area contributed by atoms with Crippen LogP contribution in [0.4, 0.5) is 5.69 Å². The summed E-state index contributed by atoms with van der Waals surface area (Å²) >= 11 is 0. The molecule has 1 aromatic carbocycles. The molecule has 1 amide bonds. The van der Waals surface area contributed by atoms with Gasteiger partial charge in [-0.2, -0.15) is 0 Å². The number of hydrogen-bond donors (Lipinski definition) is 2. The zero-order chi connectivity index (χ0) is 19.4. The van der Waals surface area contributed by atoms with Crippen LogP contribution in [0.15, 0.2) is 65.8 Å². The Morgan fingerprint density at radius 1 is 1.15 bits per heavy atom. The van der Waals surface area contributed by atoms with Crippen molar-refractivity contribution < 1.29 is 14.7 Å². The van der Waals surface area contributed by atoms with Gasteiger partial charge in [-0.05, 0) is 36.2 Å². The molecule has 0 saturated carbocycles. The van der Waals surface area contributed by atoms with E-state index in [0.29, 0.717) is 16.8 Å². The lowest BCUT2D eigenvalue weighted by atomic mass is 10.0. The lowest BCUT2D eigenvalue weighted by molar-refractivity contribution is -0.137. The molecule has 7 nitrogen and oxygen atoms in total. The number of carboxylic acids is 1. The largest absolute Gasteiger partial charge is 0.480 e. The van der Waals surface area contributed by atoms with Gasteiger partial charge in [0.1, 0.15) is 6.54 Å². The summed E-state index contributed by atoms with van der Waals surface area (Å²) in [6.45, 7) is 1.20. The van der Waals surface area contributed by atoms with Gasteiger partial charge in [-0.1, -0.05) is 18.2 Å². The first-order valence-electron chi connectivity index (χ1n) is 8.19. The Hall–Kier alpha value is -3.74. The average Bonchev–Trinajstić information content (AvgIpc) is 2.66. The first kappa shape index (κ1) is 18.1.